The van der Waals surface area contributed by atoms with E-state index < -0.39 is 220 Å². The first-order valence-corrected chi connectivity index (χ1v) is 43.1. The van der Waals surface area contributed by atoms with Crippen LogP contribution in [0.3, 0.4) is 0 Å². The molecule has 0 atom stereocenters. The highest BCUT2D eigenvalue weighted by molar-refractivity contribution is 6.51. The van der Waals surface area contributed by atoms with E-state index in [4.69, 9.17) is 4.74 Å². The van der Waals surface area contributed by atoms with Gasteiger partial charge in [-0.3, -0.25) is 76.7 Å². The number of esters is 1. The van der Waals surface area contributed by atoms with Gasteiger partial charge in [-0.1, -0.05) is 455 Å². The van der Waals surface area contributed by atoms with Crippen LogP contribution in [0, 0.1) is 37.9 Å². The number of ether oxygens (including phenoxy) is 1. The largest absolute Gasteiger partial charge is 0.459 e. The lowest BCUT2D eigenvalue weighted by molar-refractivity contribution is -0.169. The van der Waals surface area contributed by atoms with E-state index in [9.17, 15) is 0 Å². The van der Waals surface area contributed by atoms with Crippen LogP contribution in [-0.4, -0.2) is 98.3 Å². The number of rotatable bonds is 37. The molecule has 15 aromatic rings. The molecular weight excluding hydrogens is 1680 g/mol. The minimum absolute atomic E-state index is 0.847. The fourth-order valence-corrected chi connectivity index (χ4v) is 19.4. The zero-order valence-electron chi connectivity index (χ0n) is 72.7. The SMILES string of the molecule is CC(C)(C)OC(=O)C(C(=O)c1ccccc1)(C(=O)c1ccccc1)C(C(=O)c1ccccc1)(C(=O)c1ccccc1)C(C(=O)c1ccccc1)(C(=O)c1ccccc1)C(C(=O)c1ccccc1)(C(=O)c1ccccc1)C(C(=O)c1ccccc1)(C(=O)c1ccccc1)C(C(=O)c1ccccc1)(C(=O)c1ccccc1)C(C(=O)c1ccccc1)(C(=O)c1ccccc1)C(=O)c1ccccc1. The summed E-state index contributed by atoms with van der Waals surface area (Å²) in [5.74, 6) is -36.0. The number of hydrogen-bond donors (Lipinski definition) is 0. The van der Waals surface area contributed by atoms with Crippen molar-refractivity contribution in [3.05, 3.63) is 538 Å². The second kappa shape index (κ2) is 38.2. The van der Waals surface area contributed by atoms with E-state index in [-0.39, 0.29) is 0 Å². The molecule has 0 aliphatic rings. The van der Waals surface area contributed by atoms with Crippen molar-refractivity contribution in [1.29, 1.82) is 0 Å². The number of benzene rings is 15. The quantitative estimate of drug-likeness (QED) is 0.0199. The number of carbonyl (C=O) groups is 16. The number of Topliss-reactive ketones (excluding diaryl/α,β-unsaturated/α-hetero) is 15. The molecule has 0 bridgehead atoms. The van der Waals surface area contributed by atoms with Gasteiger partial charge in [-0.25, -0.2) is 0 Å². The molecule has 0 radical (unpaired) electrons. The molecule has 0 heterocycles. The zero-order chi connectivity index (χ0) is 94.6. The van der Waals surface area contributed by atoms with Gasteiger partial charge in [0.1, 0.15) is 32.7 Å². The first kappa shape index (κ1) is 91.6. The van der Waals surface area contributed by atoms with Crippen molar-refractivity contribution < 1.29 is 81.4 Å². The van der Waals surface area contributed by atoms with E-state index in [1.54, 1.807) is 0 Å². The van der Waals surface area contributed by atoms with Crippen LogP contribution in [0.5, 0.6) is 0 Å². The average molecular weight is 1760 g/mol. The monoisotopic (exact) mass is 1760 g/mol. The lowest BCUT2D eigenvalue weighted by Crippen LogP contribution is -2.88. The first-order valence-electron chi connectivity index (χ1n) is 43.1. The summed E-state index contributed by atoms with van der Waals surface area (Å²) in [6, 6.07) is 85.8. The molecule has 17 nitrogen and oxygen atoms in total. The van der Waals surface area contributed by atoms with Gasteiger partial charge >= 0.3 is 5.97 Å². The fourth-order valence-electron chi connectivity index (χ4n) is 19.4. The summed E-state index contributed by atoms with van der Waals surface area (Å²) in [4.78, 5) is 328. The minimum Gasteiger partial charge on any atom is -0.459 e. The summed E-state index contributed by atoms with van der Waals surface area (Å²) in [5.41, 5.74) is -55.6. The van der Waals surface area contributed by atoms with Crippen LogP contribution >= 0.6 is 0 Å². The first-order chi connectivity index (χ1) is 64.9. The molecule has 654 valence electrons. The molecule has 0 aliphatic heterocycles. The van der Waals surface area contributed by atoms with E-state index in [0.29, 0.717) is 0 Å². The molecule has 0 N–H and O–H groups in total. The third-order valence-corrected chi connectivity index (χ3v) is 24.7. The van der Waals surface area contributed by atoms with Crippen LogP contribution in [0.2, 0.25) is 0 Å². The number of ketones is 15. The van der Waals surface area contributed by atoms with Crippen molar-refractivity contribution in [3.8, 4) is 0 Å². The average Bonchev–Trinajstić information content (AvgIpc) is 0.614. The predicted octanol–water partition coefficient (Wildman–Crippen LogP) is 21.5. The predicted molar refractivity (Wildman–Crippen MR) is 504 cm³/mol. The second-order valence-electron chi connectivity index (χ2n) is 33.2. The fraction of sp³-hybridized carbons (Fsp3) is 0.0940. The van der Waals surface area contributed by atoms with Crippen LogP contribution in [-0.2, 0) is 9.53 Å². The highest BCUT2D eigenvalue weighted by Gasteiger charge is 2.99. The van der Waals surface area contributed by atoms with Gasteiger partial charge in [-0.15, -0.1) is 0 Å². The summed E-state index contributed by atoms with van der Waals surface area (Å²) in [7, 11) is 0. The molecule has 134 heavy (non-hydrogen) atoms. The van der Waals surface area contributed by atoms with E-state index >= 15 is 76.7 Å². The third-order valence-electron chi connectivity index (χ3n) is 24.7. The van der Waals surface area contributed by atoms with Gasteiger partial charge < -0.3 is 4.74 Å². The molecule has 0 aromatic heterocycles. The molecule has 0 unspecified atom stereocenters. The maximum absolute atomic E-state index is 21.5. The lowest BCUT2D eigenvalue weighted by Gasteiger charge is -2.67. The van der Waals surface area contributed by atoms with Crippen LogP contribution in [0.25, 0.3) is 0 Å². The van der Waals surface area contributed by atoms with Crippen molar-refractivity contribution in [2.45, 2.75) is 26.4 Å². The van der Waals surface area contributed by atoms with E-state index in [1.165, 1.54) is 245 Å². The molecule has 0 saturated carbocycles. The molecule has 15 rings (SSSR count). The van der Waals surface area contributed by atoms with Gasteiger partial charge in [0.25, 0.3) is 0 Å². The van der Waals surface area contributed by atoms with E-state index in [1.807, 2.05) is 0 Å². The molecule has 0 fully saturated rings. The topological polar surface area (TPSA) is 282 Å². The van der Waals surface area contributed by atoms with Crippen LogP contribution in [0.4, 0.5) is 0 Å². The maximum atomic E-state index is 21.5. The minimum atomic E-state index is -5.83. The van der Waals surface area contributed by atoms with Gasteiger partial charge in [0.15, 0.2) is 92.2 Å². The van der Waals surface area contributed by atoms with Crippen molar-refractivity contribution >= 4 is 92.7 Å². The Bertz CT molecular complexity index is 6570. The van der Waals surface area contributed by atoms with Crippen LogP contribution in [0.1, 0.15) is 176 Å². The van der Waals surface area contributed by atoms with Gasteiger partial charge in [-0.2, -0.15) is 0 Å². The standard InChI is InChI=1S/C117H84O17/c1-110(2,3)134-109(133)112(97(121)82-55-25-7-26-56-82,98(122)83-57-27-8-28-58-83)114(101(125)86-63-33-11-34-64-86,102(126)87-65-35-12-36-66-87)116(105(129)90-71-41-15-42-72-90,106(130)91-73-43-16-44-74-91)117(107(131)92-75-45-17-46-76-92,108(132)93-77-47-18-48-78-93)115(103(127)88-67-37-13-38-68-88,104(128)89-69-39-14-40-70-89)113(99(123)84-59-29-9-30-60-84,100(124)85-61-31-10-32-62-85)111(94(118)79-49-19-4-20-50-79,95(119)80-51-21-5-22-52-80)96(120)81-53-23-6-24-54-81/h4-78H,1-3H3. The van der Waals surface area contributed by atoms with Crippen molar-refractivity contribution in [2.75, 3.05) is 0 Å². The Balaban J connectivity index is 1.52. The summed E-state index contributed by atoms with van der Waals surface area (Å²) in [6.45, 7) is 3.73. The number of hydrogen-bond acceptors (Lipinski definition) is 17. The maximum Gasteiger partial charge on any atom is 0.330 e. The highest BCUT2D eigenvalue weighted by atomic mass is 16.6. The Morgan fingerprint density at radius 3 is 0.358 bits per heavy atom. The molecule has 0 amide bonds. The van der Waals surface area contributed by atoms with Crippen LogP contribution in [0.15, 0.2) is 455 Å². The van der Waals surface area contributed by atoms with Crippen LogP contribution < -0.4 is 0 Å². The normalized spacial score (nSPS) is 11.9. The third kappa shape index (κ3) is 14.7. The van der Waals surface area contributed by atoms with Crippen molar-refractivity contribution in [3.63, 3.8) is 0 Å². The Hall–Kier alpha value is -17.2. The zero-order valence-corrected chi connectivity index (χ0v) is 72.7. The summed E-state index contributed by atoms with van der Waals surface area (Å²) < 4.78 is 6.86. The van der Waals surface area contributed by atoms with E-state index in [0.717, 1.165) is 231 Å². The van der Waals surface area contributed by atoms with Gasteiger partial charge in [-0.05, 0) is 20.8 Å². The molecule has 0 saturated heterocycles. The Kier molecular flexibility index (Phi) is 26.1. The van der Waals surface area contributed by atoms with Gasteiger partial charge in [0, 0.05) is 83.5 Å². The molecule has 0 aliphatic carbocycles. The van der Waals surface area contributed by atoms with Crippen molar-refractivity contribution in [1.82, 2.24) is 0 Å². The Morgan fingerprint density at radius 2 is 0.231 bits per heavy atom. The summed E-state index contributed by atoms with van der Waals surface area (Å²) in [5, 5.41) is 0. The Morgan fingerprint density at radius 1 is 0.134 bits per heavy atom. The number of carbonyl (C=O) groups excluding carboxylic acids is 16. The van der Waals surface area contributed by atoms with E-state index in [2.05, 4.69) is 0 Å². The highest BCUT2D eigenvalue weighted by Crippen LogP contribution is 2.79. The summed E-state index contributed by atoms with van der Waals surface area (Å²) in [6.07, 6.45) is 0. The smallest absolute Gasteiger partial charge is 0.330 e. The second-order valence-corrected chi connectivity index (χ2v) is 33.2. The lowest BCUT2D eigenvalue weighted by atomic mass is 9.24. The molecule has 17 heteroatoms. The van der Waals surface area contributed by atoms with Crippen molar-refractivity contribution in [2.24, 2.45) is 37.9 Å². The molecule has 15 aromatic carbocycles. The van der Waals surface area contributed by atoms with Gasteiger partial charge in [0.05, 0.1) is 0 Å². The molecule has 0 spiro atoms. The van der Waals surface area contributed by atoms with Gasteiger partial charge in [0.2, 0.25) is 5.41 Å². The summed E-state index contributed by atoms with van der Waals surface area (Å²) >= 11 is 0. The Labute approximate surface area is 772 Å². The molecular formula is C117H84O17.